The van der Waals surface area contributed by atoms with Crippen molar-refractivity contribution in [3.8, 4) is 0 Å². The summed E-state index contributed by atoms with van der Waals surface area (Å²) < 4.78 is 0.602. The van der Waals surface area contributed by atoms with Crippen molar-refractivity contribution >= 4 is 34.2 Å². The average Bonchev–Trinajstić information content (AvgIpc) is 2.79. The SMILES string of the molecule is CC1CC(CN)CN1C(=O)c1ccc([N+](=O)[O-])cc1I. The Hall–Kier alpha value is -1.22. The molecule has 2 rings (SSSR count). The van der Waals surface area contributed by atoms with Crippen LogP contribution in [0, 0.1) is 19.6 Å². The number of hydrogen-bond donors (Lipinski definition) is 1. The molecule has 1 aliphatic rings. The van der Waals surface area contributed by atoms with Crippen molar-refractivity contribution in [1.82, 2.24) is 4.90 Å². The molecule has 1 fully saturated rings. The van der Waals surface area contributed by atoms with Crippen molar-refractivity contribution < 1.29 is 9.72 Å². The van der Waals surface area contributed by atoms with Crippen LogP contribution in [-0.4, -0.2) is 34.9 Å². The van der Waals surface area contributed by atoms with E-state index in [1.165, 1.54) is 18.2 Å². The largest absolute Gasteiger partial charge is 0.336 e. The standard InChI is InChI=1S/C13H16IN3O3/c1-8-4-9(6-15)7-16(8)13(18)11-3-2-10(17(19)20)5-12(11)14/h2-3,5,8-9H,4,6-7,15H2,1H3. The first kappa shape index (κ1) is 15.2. The Morgan fingerprint density at radius 3 is 2.80 bits per heavy atom. The highest BCUT2D eigenvalue weighted by atomic mass is 127. The van der Waals surface area contributed by atoms with Crippen molar-refractivity contribution in [1.29, 1.82) is 0 Å². The Morgan fingerprint density at radius 2 is 2.30 bits per heavy atom. The number of nitro benzene ring substituents is 1. The van der Waals surface area contributed by atoms with Gasteiger partial charge in [0.1, 0.15) is 0 Å². The van der Waals surface area contributed by atoms with Crippen LogP contribution in [0.3, 0.4) is 0 Å². The van der Waals surface area contributed by atoms with Crippen LogP contribution in [0.4, 0.5) is 5.69 Å². The van der Waals surface area contributed by atoms with E-state index in [0.717, 1.165) is 6.42 Å². The van der Waals surface area contributed by atoms with Gasteiger partial charge in [0.05, 0.1) is 10.5 Å². The van der Waals surface area contributed by atoms with Crippen molar-refractivity contribution in [3.63, 3.8) is 0 Å². The quantitative estimate of drug-likeness (QED) is 0.487. The predicted octanol–water partition coefficient (Wildman–Crippen LogP) is 2.01. The lowest BCUT2D eigenvalue weighted by Gasteiger charge is -2.22. The number of nitro groups is 1. The minimum Gasteiger partial charge on any atom is -0.336 e. The third kappa shape index (κ3) is 2.93. The van der Waals surface area contributed by atoms with Gasteiger partial charge in [-0.3, -0.25) is 14.9 Å². The number of halogens is 1. The lowest BCUT2D eigenvalue weighted by Crippen LogP contribution is -2.34. The van der Waals surface area contributed by atoms with Crippen LogP contribution in [0.15, 0.2) is 18.2 Å². The van der Waals surface area contributed by atoms with E-state index in [0.29, 0.717) is 28.1 Å². The molecule has 2 atom stereocenters. The average molecular weight is 389 g/mol. The third-order valence-electron chi connectivity index (χ3n) is 3.65. The Balaban J connectivity index is 2.23. The number of non-ortho nitro benzene ring substituents is 1. The fourth-order valence-electron chi connectivity index (χ4n) is 2.54. The van der Waals surface area contributed by atoms with Crippen molar-refractivity contribution in [3.05, 3.63) is 37.4 Å². The van der Waals surface area contributed by atoms with Gasteiger partial charge in [0.15, 0.2) is 0 Å². The number of carbonyl (C=O) groups is 1. The Morgan fingerprint density at radius 1 is 1.60 bits per heavy atom. The second kappa shape index (κ2) is 6.04. The van der Waals surface area contributed by atoms with Gasteiger partial charge in [-0.2, -0.15) is 0 Å². The van der Waals surface area contributed by atoms with Gasteiger partial charge in [-0.1, -0.05) is 0 Å². The molecule has 0 spiro atoms. The zero-order valence-corrected chi connectivity index (χ0v) is 13.2. The molecule has 108 valence electrons. The molecular weight excluding hydrogens is 373 g/mol. The van der Waals surface area contributed by atoms with Gasteiger partial charge in [-0.15, -0.1) is 0 Å². The van der Waals surface area contributed by atoms with Gasteiger partial charge in [-0.25, -0.2) is 0 Å². The summed E-state index contributed by atoms with van der Waals surface area (Å²) in [6, 6.07) is 4.48. The number of benzene rings is 1. The summed E-state index contributed by atoms with van der Waals surface area (Å²) in [4.78, 5) is 24.6. The van der Waals surface area contributed by atoms with Crippen LogP contribution in [-0.2, 0) is 0 Å². The molecule has 2 unspecified atom stereocenters. The normalized spacial score (nSPS) is 22.1. The van der Waals surface area contributed by atoms with E-state index in [1.807, 2.05) is 29.5 Å². The molecule has 1 saturated heterocycles. The number of amides is 1. The first-order chi connectivity index (χ1) is 9.43. The summed E-state index contributed by atoms with van der Waals surface area (Å²) >= 11 is 1.97. The van der Waals surface area contributed by atoms with Gasteiger partial charge in [-0.05, 0) is 54.5 Å². The lowest BCUT2D eigenvalue weighted by atomic mass is 10.1. The smallest absolute Gasteiger partial charge is 0.270 e. The fourth-order valence-corrected chi connectivity index (χ4v) is 3.27. The van der Waals surface area contributed by atoms with E-state index in [2.05, 4.69) is 0 Å². The Kier molecular flexibility index (Phi) is 4.59. The van der Waals surface area contributed by atoms with E-state index in [1.54, 1.807) is 4.90 Å². The Labute approximate surface area is 130 Å². The zero-order valence-electron chi connectivity index (χ0n) is 11.1. The van der Waals surface area contributed by atoms with Crippen LogP contribution in [0.25, 0.3) is 0 Å². The van der Waals surface area contributed by atoms with Gasteiger partial charge in [0.25, 0.3) is 11.6 Å². The lowest BCUT2D eigenvalue weighted by molar-refractivity contribution is -0.384. The zero-order chi connectivity index (χ0) is 14.9. The molecule has 0 aromatic heterocycles. The monoisotopic (exact) mass is 389 g/mol. The van der Waals surface area contributed by atoms with Crippen molar-refractivity contribution in [2.24, 2.45) is 11.7 Å². The van der Waals surface area contributed by atoms with E-state index in [4.69, 9.17) is 5.73 Å². The maximum Gasteiger partial charge on any atom is 0.270 e. The second-order valence-corrected chi connectivity index (χ2v) is 6.23. The van der Waals surface area contributed by atoms with Crippen LogP contribution < -0.4 is 5.73 Å². The van der Waals surface area contributed by atoms with Crippen molar-refractivity contribution in [2.75, 3.05) is 13.1 Å². The van der Waals surface area contributed by atoms with E-state index in [-0.39, 0.29) is 17.6 Å². The highest BCUT2D eigenvalue weighted by Crippen LogP contribution is 2.27. The molecule has 2 N–H and O–H groups in total. The molecule has 1 aliphatic heterocycles. The molecule has 1 aromatic carbocycles. The first-order valence-corrected chi connectivity index (χ1v) is 7.47. The van der Waals surface area contributed by atoms with E-state index in [9.17, 15) is 14.9 Å². The molecule has 0 bridgehead atoms. The van der Waals surface area contributed by atoms with Crippen LogP contribution in [0.5, 0.6) is 0 Å². The van der Waals surface area contributed by atoms with E-state index < -0.39 is 4.92 Å². The number of nitrogens with two attached hydrogens (primary N) is 1. The number of hydrogen-bond acceptors (Lipinski definition) is 4. The summed E-state index contributed by atoms with van der Waals surface area (Å²) in [5.74, 6) is 0.261. The van der Waals surface area contributed by atoms with E-state index >= 15 is 0 Å². The molecule has 1 amide bonds. The molecule has 0 radical (unpaired) electrons. The minimum atomic E-state index is -0.459. The predicted molar refractivity (Wildman–Crippen MR) is 83.5 cm³/mol. The molecule has 7 heteroatoms. The highest BCUT2D eigenvalue weighted by molar-refractivity contribution is 14.1. The molecule has 20 heavy (non-hydrogen) atoms. The molecule has 1 heterocycles. The van der Waals surface area contributed by atoms with Crippen LogP contribution in [0.2, 0.25) is 0 Å². The van der Waals surface area contributed by atoms with Crippen molar-refractivity contribution in [2.45, 2.75) is 19.4 Å². The molecule has 0 aliphatic carbocycles. The maximum absolute atomic E-state index is 12.5. The first-order valence-electron chi connectivity index (χ1n) is 6.39. The Bertz CT molecular complexity index is 550. The topological polar surface area (TPSA) is 89.5 Å². The maximum atomic E-state index is 12.5. The molecule has 6 nitrogen and oxygen atoms in total. The minimum absolute atomic E-state index is 0.000236. The number of likely N-dealkylation sites (tertiary alicyclic amines) is 1. The van der Waals surface area contributed by atoms with Gasteiger partial charge in [0, 0.05) is 28.3 Å². The third-order valence-corrected chi connectivity index (χ3v) is 4.54. The number of rotatable bonds is 3. The molecule has 1 aromatic rings. The van der Waals surface area contributed by atoms with Gasteiger partial charge < -0.3 is 10.6 Å². The summed E-state index contributed by atoms with van der Waals surface area (Å²) in [5.41, 5.74) is 6.18. The van der Waals surface area contributed by atoms with Gasteiger partial charge in [0.2, 0.25) is 0 Å². The van der Waals surface area contributed by atoms with Crippen LogP contribution in [0.1, 0.15) is 23.7 Å². The van der Waals surface area contributed by atoms with Gasteiger partial charge >= 0.3 is 0 Å². The second-order valence-electron chi connectivity index (χ2n) is 5.07. The highest BCUT2D eigenvalue weighted by Gasteiger charge is 2.33. The van der Waals surface area contributed by atoms with Crippen LogP contribution >= 0.6 is 22.6 Å². The number of nitrogens with zero attached hydrogens (tertiary/aromatic N) is 2. The summed E-state index contributed by atoms with van der Waals surface area (Å²) in [6.07, 6.45) is 0.909. The molecular formula is C13H16IN3O3. The summed E-state index contributed by atoms with van der Waals surface area (Å²) in [6.45, 7) is 3.24. The summed E-state index contributed by atoms with van der Waals surface area (Å²) in [5, 5.41) is 10.7. The molecule has 0 saturated carbocycles. The number of carbonyl (C=O) groups excluding carboxylic acids is 1. The summed E-state index contributed by atoms with van der Waals surface area (Å²) in [7, 11) is 0. The fraction of sp³-hybridized carbons (Fsp3) is 0.462.